The van der Waals surface area contributed by atoms with E-state index in [1.165, 1.54) is 77.0 Å². The smallest absolute Gasteiger partial charge is 0.161 e. The summed E-state index contributed by atoms with van der Waals surface area (Å²) in [5.74, 6) is 12.2. The molecule has 0 aliphatic heterocycles. The molecule has 4 aromatic carbocycles. The Balaban J connectivity index is 1.88. The summed E-state index contributed by atoms with van der Waals surface area (Å²) in [5.41, 5.74) is 0.763. The summed E-state index contributed by atoms with van der Waals surface area (Å²) in [6.07, 6.45) is 28.5. The van der Waals surface area contributed by atoms with E-state index in [0.29, 0.717) is 56.7 Å². The molecule has 5 nitrogen and oxygen atoms in total. The third kappa shape index (κ3) is 20.4. The summed E-state index contributed by atoms with van der Waals surface area (Å²) in [4.78, 5) is 0. The van der Waals surface area contributed by atoms with Crippen molar-refractivity contribution in [2.45, 2.75) is 212 Å². The number of terminal acetylenes is 1. The standard InChI is InChI=1S/C65H102O5/c1-15-17-18-35-66-61-41-56-55(40-54(61)16-2)57-42-62(67-36-31-50(11)27-19-23-46(3)4)64(69-38-33-52(13)29-21-25-48(7)8)44-59(57)60-45-65(70-39-34-53(14)30-22-26-49(9)10)63(43-58(56)60)68-37-32-51(12)28-20-24-47(5)6/h2,40-53H,15,17-39H2,1,3-14H3. The van der Waals surface area contributed by atoms with Crippen LogP contribution >= 0.6 is 0 Å². The van der Waals surface area contributed by atoms with E-state index in [1.807, 2.05) is 0 Å². The minimum absolute atomic E-state index is 0.583. The highest BCUT2D eigenvalue weighted by molar-refractivity contribution is 6.26. The molecule has 0 saturated heterocycles. The molecule has 0 amide bonds. The van der Waals surface area contributed by atoms with Gasteiger partial charge in [0.15, 0.2) is 23.0 Å². The highest BCUT2D eigenvalue weighted by Crippen LogP contribution is 2.46. The third-order valence-corrected chi connectivity index (χ3v) is 14.7. The molecule has 4 aromatic rings. The molecule has 0 spiro atoms. The first-order valence-electron chi connectivity index (χ1n) is 28.8. The van der Waals surface area contributed by atoms with E-state index >= 15 is 0 Å². The zero-order valence-corrected chi connectivity index (χ0v) is 47.2. The molecule has 4 rings (SSSR count). The minimum Gasteiger partial charge on any atom is -0.492 e. The van der Waals surface area contributed by atoms with Crippen LogP contribution in [-0.2, 0) is 0 Å². The van der Waals surface area contributed by atoms with Gasteiger partial charge in [0.1, 0.15) is 5.75 Å². The molecule has 5 heteroatoms. The highest BCUT2D eigenvalue weighted by atomic mass is 16.5. The lowest BCUT2D eigenvalue weighted by atomic mass is 9.92. The van der Waals surface area contributed by atoms with E-state index in [9.17, 15) is 0 Å². The van der Waals surface area contributed by atoms with Crippen molar-refractivity contribution < 1.29 is 23.7 Å². The first-order chi connectivity index (χ1) is 33.6. The molecule has 0 bridgehead atoms. The summed E-state index contributed by atoms with van der Waals surface area (Å²) >= 11 is 0. The molecule has 392 valence electrons. The number of ether oxygens (including phenoxy) is 5. The van der Waals surface area contributed by atoms with E-state index in [1.54, 1.807) is 0 Å². The molecule has 0 N–H and O–H groups in total. The Kier molecular flexibility index (Phi) is 26.6. The van der Waals surface area contributed by atoms with Crippen LogP contribution in [0.1, 0.15) is 218 Å². The van der Waals surface area contributed by atoms with Crippen molar-refractivity contribution in [1.82, 2.24) is 0 Å². The Bertz CT molecular complexity index is 2140. The second kappa shape index (κ2) is 31.6. The summed E-state index contributed by atoms with van der Waals surface area (Å²) in [7, 11) is 0. The average Bonchev–Trinajstić information content (AvgIpc) is 3.30. The third-order valence-electron chi connectivity index (χ3n) is 14.7. The first kappa shape index (κ1) is 58.8. The summed E-state index contributed by atoms with van der Waals surface area (Å²) in [5, 5.41) is 6.51. The van der Waals surface area contributed by atoms with Crippen LogP contribution in [0.2, 0.25) is 0 Å². The van der Waals surface area contributed by atoms with Crippen LogP contribution < -0.4 is 23.7 Å². The van der Waals surface area contributed by atoms with Gasteiger partial charge < -0.3 is 23.7 Å². The van der Waals surface area contributed by atoms with Gasteiger partial charge in [0.2, 0.25) is 0 Å². The molecule has 0 radical (unpaired) electrons. The van der Waals surface area contributed by atoms with Crippen molar-refractivity contribution in [3.05, 3.63) is 42.0 Å². The number of hydrogen-bond acceptors (Lipinski definition) is 5. The number of benzene rings is 4. The van der Waals surface area contributed by atoms with Gasteiger partial charge in [-0.1, -0.05) is 186 Å². The van der Waals surface area contributed by atoms with Gasteiger partial charge in [-0.2, -0.15) is 0 Å². The van der Waals surface area contributed by atoms with Crippen molar-refractivity contribution in [3.8, 4) is 41.1 Å². The number of fused-ring (bicyclic) bond motifs is 6. The lowest BCUT2D eigenvalue weighted by Gasteiger charge is -2.21. The Morgan fingerprint density at radius 2 is 0.600 bits per heavy atom. The second-order valence-electron chi connectivity index (χ2n) is 23.6. The molecule has 0 aliphatic rings. The number of rotatable bonds is 37. The Morgan fingerprint density at radius 3 is 0.871 bits per heavy atom. The lowest BCUT2D eigenvalue weighted by Crippen LogP contribution is -2.09. The Labute approximate surface area is 429 Å². The Morgan fingerprint density at radius 1 is 0.329 bits per heavy atom. The molecular weight excluding hydrogens is 861 g/mol. The van der Waals surface area contributed by atoms with Crippen LogP contribution in [-0.4, -0.2) is 33.0 Å². The molecule has 0 heterocycles. The molecular formula is C65H102O5. The quantitative estimate of drug-likeness (QED) is 0.0256. The SMILES string of the molecule is C#Cc1cc2c(cc1OCCCCC)c1cc(OCCC(C)CCCC(C)C)c(OCCC(C)CCCC(C)C)cc1c1cc(OCCC(C)CCCC(C)C)c(OCCC(C)CCCC(C)C)cc21. The monoisotopic (exact) mass is 963 g/mol. The van der Waals surface area contributed by atoms with Gasteiger partial charge in [-0.05, 0) is 148 Å². The van der Waals surface area contributed by atoms with Gasteiger partial charge in [0.05, 0.1) is 38.6 Å². The molecule has 4 unspecified atom stereocenters. The molecule has 0 saturated carbocycles. The maximum Gasteiger partial charge on any atom is 0.161 e. The van der Waals surface area contributed by atoms with Crippen molar-refractivity contribution in [1.29, 1.82) is 0 Å². The van der Waals surface area contributed by atoms with E-state index < -0.39 is 0 Å². The summed E-state index contributed by atoms with van der Waals surface area (Å²) in [6.45, 7) is 33.4. The predicted octanol–water partition coefficient (Wildman–Crippen LogP) is 19.6. The maximum atomic E-state index is 6.87. The molecule has 0 aliphatic carbocycles. The fraction of sp³-hybridized carbons (Fsp3) is 0.692. The van der Waals surface area contributed by atoms with E-state index in [-0.39, 0.29) is 0 Å². The van der Waals surface area contributed by atoms with Gasteiger partial charge in [0.25, 0.3) is 0 Å². The van der Waals surface area contributed by atoms with Crippen LogP contribution in [0.4, 0.5) is 0 Å². The largest absolute Gasteiger partial charge is 0.492 e. The van der Waals surface area contributed by atoms with Gasteiger partial charge in [-0.25, -0.2) is 0 Å². The van der Waals surface area contributed by atoms with E-state index in [4.69, 9.17) is 30.1 Å². The van der Waals surface area contributed by atoms with Crippen molar-refractivity contribution >= 4 is 32.3 Å². The minimum atomic E-state index is 0.583. The van der Waals surface area contributed by atoms with Crippen LogP contribution in [0.5, 0.6) is 28.7 Å². The fourth-order valence-electron chi connectivity index (χ4n) is 9.81. The van der Waals surface area contributed by atoms with Gasteiger partial charge in [-0.15, -0.1) is 6.42 Å². The van der Waals surface area contributed by atoms with Gasteiger partial charge in [0, 0.05) is 0 Å². The van der Waals surface area contributed by atoms with E-state index in [0.717, 1.165) is 135 Å². The zero-order valence-electron chi connectivity index (χ0n) is 47.2. The maximum absolute atomic E-state index is 6.87. The molecule has 70 heavy (non-hydrogen) atoms. The highest BCUT2D eigenvalue weighted by Gasteiger charge is 2.21. The van der Waals surface area contributed by atoms with Crippen LogP contribution in [0.15, 0.2) is 36.4 Å². The van der Waals surface area contributed by atoms with Gasteiger partial charge >= 0.3 is 0 Å². The molecule has 0 fully saturated rings. The fourth-order valence-corrected chi connectivity index (χ4v) is 9.81. The van der Waals surface area contributed by atoms with E-state index in [2.05, 4.69) is 132 Å². The predicted molar refractivity (Wildman–Crippen MR) is 304 cm³/mol. The zero-order chi connectivity index (χ0) is 51.0. The van der Waals surface area contributed by atoms with Crippen LogP contribution in [0.3, 0.4) is 0 Å². The average molecular weight is 964 g/mol. The first-order valence-corrected chi connectivity index (χ1v) is 28.8. The Hall–Kier alpha value is -3.78. The summed E-state index contributed by atoms with van der Waals surface area (Å²) < 4.78 is 33.9. The number of hydrogen-bond donors (Lipinski definition) is 0. The molecule has 4 atom stereocenters. The second-order valence-corrected chi connectivity index (χ2v) is 23.6. The van der Waals surface area contributed by atoms with Crippen molar-refractivity contribution in [2.75, 3.05) is 33.0 Å². The van der Waals surface area contributed by atoms with Crippen molar-refractivity contribution in [3.63, 3.8) is 0 Å². The van der Waals surface area contributed by atoms with Crippen LogP contribution in [0.25, 0.3) is 32.3 Å². The lowest BCUT2D eigenvalue weighted by molar-refractivity contribution is 0.237. The van der Waals surface area contributed by atoms with Crippen molar-refractivity contribution in [2.24, 2.45) is 47.3 Å². The molecule has 0 aromatic heterocycles. The summed E-state index contributed by atoms with van der Waals surface area (Å²) in [6, 6.07) is 13.3. The normalized spacial score (nSPS) is 13.7. The topological polar surface area (TPSA) is 46.2 Å². The van der Waals surface area contributed by atoms with Gasteiger partial charge in [-0.3, -0.25) is 0 Å². The number of unbranched alkanes of at least 4 members (excludes halogenated alkanes) is 2. The van der Waals surface area contributed by atoms with Crippen LogP contribution in [0, 0.1) is 59.7 Å².